The zero-order valence-corrected chi connectivity index (χ0v) is 9.83. The van der Waals surface area contributed by atoms with E-state index in [9.17, 15) is 13.2 Å². The largest absolute Gasteiger partial charge is 0.390 e. The Balaban J connectivity index is 2.90. The Morgan fingerprint density at radius 2 is 2.00 bits per heavy atom. The normalized spacial score (nSPS) is 14.0. The van der Waals surface area contributed by atoms with Crippen molar-refractivity contribution in [2.75, 3.05) is 0 Å². The molecule has 1 aromatic carbocycles. The summed E-state index contributed by atoms with van der Waals surface area (Å²) in [6, 6.07) is 3.49. The molecule has 0 radical (unpaired) electrons. The van der Waals surface area contributed by atoms with Crippen LogP contribution in [0.1, 0.15) is 18.0 Å². The van der Waals surface area contributed by atoms with Crippen LogP contribution in [0.5, 0.6) is 0 Å². The minimum atomic E-state index is -4.28. The van der Waals surface area contributed by atoms with E-state index in [-0.39, 0.29) is 0 Å². The Bertz CT molecular complexity index is 354. The van der Waals surface area contributed by atoms with Gasteiger partial charge in [-0.1, -0.05) is 27.5 Å². The van der Waals surface area contributed by atoms with Gasteiger partial charge in [-0.05, 0) is 23.8 Å². The van der Waals surface area contributed by atoms with Gasteiger partial charge in [0.2, 0.25) is 0 Å². The molecular formula is C9H8BrClF3N. The third-order valence-corrected chi connectivity index (χ3v) is 2.77. The first-order chi connectivity index (χ1) is 6.79. The highest BCUT2D eigenvalue weighted by Gasteiger charge is 2.31. The van der Waals surface area contributed by atoms with E-state index in [0.29, 0.717) is 15.1 Å². The summed E-state index contributed by atoms with van der Waals surface area (Å²) >= 11 is 8.81. The van der Waals surface area contributed by atoms with E-state index in [1.54, 1.807) is 12.1 Å². The summed E-state index contributed by atoms with van der Waals surface area (Å²) in [6.45, 7) is 0. The molecule has 0 unspecified atom stereocenters. The van der Waals surface area contributed by atoms with Gasteiger partial charge in [0.1, 0.15) is 0 Å². The summed E-state index contributed by atoms with van der Waals surface area (Å²) in [5, 5.41) is 0.367. The third kappa shape index (κ3) is 4.01. The van der Waals surface area contributed by atoms with Gasteiger partial charge in [0.25, 0.3) is 0 Å². The van der Waals surface area contributed by atoms with Crippen LogP contribution in [0.3, 0.4) is 0 Å². The molecule has 0 aliphatic carbocycles. The first-order valence-electron chi connectivity index (χ1n) is 4.07. The number of alkyl halides is 3. The highest BCUT2D eigenvalue weighted by atomic mass is 79.9. The molecule has 0 heterocycles. The van der Waals surface area contributed by atoms with Crippen LogP contribution in [-0.4, -0.2) is 6.18 Å². The minimum absolute atomic E-state index is 0.361. The topological polar surface area (TPSA) is 26.0 Å². The summed E-state index contributed by atoms with van der Waals surface area (Å²) in [7, 11) is 0. The summed E-state index contributed by atoms with van der Waals surface area (Å²) in [6.07, 6.45) is -5.34. The van der Waals surface area contributed by atoms with E-state index in [0.717, 1.165) is 0 Å². The van der Waals surface area contributed by atoms with Crippen molar-refractivity contribution in [3.8, 4) is 0 Å². The van der Waals surface area contributed by atoms with Crippen LogP contribution in [0.25, 0.3) is 0 Å². The number of rotatable bonds is 2. The Hall–Kier alpha value is -0.260. The van der Waals surface area contributed by atoms with Crippen molar-refractivity contribution in [3.05, 3.63) is 33.3 Å². The second kappa shape index (κ2) is 4.72. The highest BCUT2D eigenvalue weighted by Crippen LogP contribution is 2.32. The highest BCUT2D eigenvalue weighted by molar-refractivity contribution is 9.10. The quantitative estimate of drug-likeness (QED) is 0.876. The van der Waals surface area contributed by atoms with Gasteiger partial charge in [0.15, 0.2) is 0 Å². The lowest BCUT2D eigenvalue weighted by Crippen LogP contribution is -2.20. The molecule has 0 bridgehead atoms. The second-order valence-corrected chi connectivity index (χ2v) is 4.38. The van der Waals surface area contributed by atoms with Crippen molar-refractivity contribution in [1.29, 1.82) is 0 Å². The van der Waals surface area contributed by atoms with E-state index in [2.05, 4.69) is 15.9 Å². The molecule has 0 fully saturated rings. The number of halogens is 5. The minimum Gasteiger partial charge on any atom is -0.324 e. The van der Waals surface area contributed by atoms with Gasteiger partial charge in [-0.3, -0.25) is 0 Å². The maximum absolute atomic E-state index is 12.1. The van der Waals surface area contributed by atoms with E-state index in [1.165, 1.54) is 6.07 Å². The van der Waals surface area contributed by atoms with Crippen molar-refractivity contribution >= 4 is 27.5 Å². The molecule has 0 aliphatic rings. The molecule has 1 atom stereocenters. The average Bonchev–Trinajstić information content (AvgIpc) is 2.06. The van der Waals surface area contributed by atoms with Crippen LogP contribution in [-0.2, 0) is 0 Å². The van der Waals surface area contributed by atoms with Gasteiger partial charge in [0, 0.05) is 15.5 Å². The number of hydrogen-bond acceptors (Lipinski definition) is 1. The molecule has 0 amide bonds. The molecule has 15 heavy (non-hydrogen) atoms. The maximum Gasteiger partial charge on any atom is 0.390 e. The fraction of sp³-hybridized carbons (Fsp3) is 0.333. The van der Waals surface area contributed by atoms with E-state index >= 15 is 0 Å². The van der Waals surface area contributed by atoms with Crippen molar-refractivity contribution in [3.63, 3.8) is 0 Å². The molecule has 6 heteroatoms. The predicted molar refractivity (Wildman–Crippen MR) is 56.8 cm³/mol. The van der Waals surface area contributed by atoms with Crippen LogP contribution >= 0.6 is 27.5 Å². The molecule has 0 aliphatic heterocycles. The molecule has 0 spiro atoms. The van der Waals surface area contributed by atoms with Crippen LogP contribution in [0.15, 0.2) is 22.7 Å². The number of nitrogens with two attached hydrogens (primary N) is 1. The van der Waals surface area contributed by atoms with Gasteiger partial charge >= 0.3 is 6.18 Å². The lowest BCUT2D eigenvalue weighted by molar-refractivity contribution is -0.138. The van der Waals surface area contributed by atoms with Crippen molar-refractivity contribution in [2.45, 2.75) is 18.6 Å². The Morgan fingerprint density at radius 3 is 2.53 bits per heavy atom. The fourth-order valence-electron chi connectivity index (χ4n) is 1.16. The SMILES string of the molecule is N[C@@H](CC(F)(F)F)c1cc(Cl)ccc1Br. The Morgan fingerprint density at radius 1 is 1.40 bits per heavy atom. The zero-order valence-electron chi connectivity index (χ0n) is 7.48. The third-order valence-electron chi connectivity index (χ3n) is 1.81. The van der Waals surface area contributed by atoms with E-state index in [1.807, 2.05) is 0 Å². The zero-order chi connectivity index (χ0) is 11.6. The summed E-state index contributed by atoms with van der Waals surface area (Å²) in [4.78, 5) is 0. The Kier molecular flexibility index (Phi) is 4.03. The monoisotopic (exact) mass is 301 g/mol. The van der Waals surface area contributed by atoms with Crippen molar-refractivity contribution in [2.24, 2.45) is 5.73 Å². The van der Waals surface area contributed by atoms with Crippen LogP contribution in [0, 0.1) is 0 Å². The lowest BCUT2D eigenvalue weighted by Gasteiger charge is -2.16. The molecule has 0 aromatic heterocycles. The van der Waals surface area contributed by atoms with Gasteiger partial charge in [0.05, 0.1) is 6.42 Å². The lowest BCUT2D eigenvalue weighted by atomic mass is 10.0. The van der Waals surface area contributed by atoms with E-state index < -0.39 is 18.6 Å². The Labute approximate surface area is 98.5 Å². The summed E-state index contributed by atoms with van der Waals surface area (Å²) in [5.74, 6) is 0. The van der Waals surface area contributed by atoms with Gasteiger partial charge in [-0.25, -0.2) is 0 Å². The molecule has 0 saturated carbocycles. The fourth-order valence-corrected chi connectivity index (χ4v) is 1.88. The smallest absolute Gasteiger partial charge is 0.324 e. The second-order valence-electron chi connectivity index (χ2n) is 3.09. The average molecular weight is 303 g/mol. The van der Waals surface area contributed by atoms with Gasteiger partial charge < -0.3 is 5.73 Å². The van der Waals surface area contributed by atoms with Gasteiger partial charge in [-0.15, -0.1) is 0 Å². The molecule has 84 valence electrons. The molecule has 1 nitrogen and oxygen atoms in total. The first kappa shape index (κ1) is 12.8. The maximum atomic E-state index is 12.1. The molecule has 2 N–H and O–H groups in total. The van der Waals surface area contributed by atoms with Gasteiger partial charge in [-0.2, -0.15) is 13.2 Å². The van der Waals surface area contributed by atoms with Crippen molar-refractivity contribution in [1.82, 2.24) is 0 Å². The van der Waals surface area contributed by atoms with Crippen LogP contribution in [0.2, 0.25) is 5.02 Å². The standard InChI is InChI=1S/C9H8BrClF3N/c10-7-2-1-5(11)3-6(7)8(15)4-9(12,13)14/h1-3,8H,4,15H2/t8-/m0/s1. The molecule has 0 saturated heterocycles. The summed E-state index contributed by atoms with van der Waals surface area (Å²) < 4.78 is 36.8. The molecular weight excluding hydrogens is 294 g/mol. The van der Waals surface area contributed by atoms with Crippen molar-refractivity contribution < 1.29 is 13.2 Å². The number of benzene rings is 1. The van der Waals surface area contributed by atoms with E-state index in [4.69, 9.17) is 17.3 Å². The first-order valence-corrected chi connectivity index (χ1v) is 5.24. The number of hydrogen-bond donors (Lipinski definition) is 1. The predicted octanol–water partition coefficient (Wildman–Crippen LogP) is 4.05. The van der Waals surface area contributed by atoms with Crippen LogP contribution < -0.4 is 5.73 Å². The van der Waals surface area contributed by atoms with Crippen LogP contribution in [0.4, 0.5) is 13.2 Å². The summed E-state index contributed by atoms with van der Waals surface area (Å²) in [5.41, 5.74) is 5.80. The molecule has 1 aromatic rings. The molecule has 1 rings (SSSR count).